The van der Waals surface area contributed by atoms with Crippen LogP contribution in [-0.4, -0.2) is 19.3 Å². The summed E-state index contributed by atoms with van der Waals surface area (Å²) in [6.45, 7) is 4.02. The van der Waals surface area contributed by atoms with E-state index in [1.54, 1.807) is 34.9 Å². The van der Waals surface area contributed by atoms with Crippen molar-refractivity contribution in [1.29, 1.82) is 5.26 Å². The molecular weight excluding hydrogens is 442 g/mol. The summed E-state index contributed by atoms with van der Waals surface area (Å²) in [5, 5.41) is 14.8. The van der Waals surface area contributed by atoms with Crippen molar-refractivity contribution in [3.05, 3.63) is 112 Å². The predicted molar refractivity (Wildman–Crippen MR) is 135 cm³/mol. The number of para-hydroxylation sites is 1. The Kier molecular flexibility index (Phi) is 5.74. The van der Waals surface area contributed by atoms with Crippen LogP contribution in [-0.2, 0) is 5.75 Å². The SMILES string of the molecule is Cc1cc(C)n(-c2ccc(CSc3nc4ccccc4c(=O)n3-c3ccc(C#N)cc3)cc2)n1. The zero-order chi connectivity index (χ0) is 23.7. The molecule has 0 amide bonds. The second-order valence-corrected chi connectivity index (χ2v) is 8.95. The Morgan fingerprint density at radius 3 is 2.32 bits per heavy atom. The lowest BCUT2D eigenvalue weighted by molar-refractivity contribution is 0.819. The molecule has 0 unspecified atom stereocenters. The first kappa shape index (κ1) is 21.7. The minimum Gasteiger partial charge on any atom is -0.268 e. The molecule has 5 rings (SSSR count). The van der Waals surface area contributed by atoms with E-state index in [4.69, 9.17) is 10.2 Å². The maximum Gasteiger partial charge on any atom is 0.266 e. The van der Waals surface area contributed by atoms with Gasteiger partial charge in [-0.1, -0.05) is 36.0 Å². The van der Waals surface area contributed by atoms with Gasteiger partial charge in [-0.25, -0.2) is 9.67 Å². The van der Waals surface area contributed by atoms with E-state index in [0.717, 1.165) is 22.6 Å². The van der Waals surface area contributed by atoms with Crippen LogP contribution in [0.15, 0.2) is 88.8 Å². The van der Waals surface area contributed by atoms with Crippen molar-refractivity contribution in [2.45, 2.75) is 24.8 Å². The first-order valence-electron chi connectivity index (χ1n) is 10.8. The summed E-state index contributed by atoms with van der Waals surface area (Å²) < 4.78 is 3.55. The van der Waals surface area contributed by atoms with Gasteiger partial charge in [0.1, 0.15) is 0 Å². The van der Waals surface area contributed by atoms with E-state index in [0.29, 0.717) is 33.1 Å². The zero-order valence-electron chi connectivity index (χ0n) is 18.8. The molecular formula is C27H21N5OS. The highest BCUT2D eigenvalue weighted by atomic mass is 32.2. The number of hydrogen-bond donors (Lipinski definition) is 0. The van der Waals surface area contributed by atoms with E-state index in [9.17, 15) is 4.79 Å². The number of thioether (sulfide) groups is 1. The van der Waals surface area contributed by atoms with Crippen LogP contribution in [0.4, 0.5) is 0 Å². The topological polar surface area (TPSA) is 76.5 Å². The predicted octanol–water partition coefficient (Wildman–Crippen LogP) is 5.35. The molecule has 0 saturated heterocycles. The molecule has 7 heteroatoms. The maximum absolute atomic E-state index is 13.4. The Morgan fingerprint density at radius 1 is 0.941 bits per heavy atom. The normalized spacial score (nSPS) is 11.0. The summed E-state index contributed by atoms with van der Waals surface area (Å²) in [7, 11) is 0. The van der Waals surface area contributed by atoms with Gasteiger partial charge in [-0.15, -0.1) is 0 Å². The van der Waals surface area contributed by atoms with Gasteiger partial charge in [-0.2, -0.15) is 10.4 Å². The van der Waals surface area contributed by atoms with E-state index in [1.165, 1.54) is 11.8 Å². The third-order valence-corrected chi connectivity index (χ3v) is 6.57. The number of nitriles is 1. The van der Waals surface area contributed by atoms with Crippen molar-refractivity contribution >= 4 is 22.7 Å². The molecule has 0 spiro atoms. The van der Waals surface area contributed by atoms with E-state index in [1.807, 2.05) is 36.7 Å². The standard InChI is InChI=1S/C27H21N5OS/c1-18-15-19(2)32(30-18)23-13-9-21(10-14-23)17-34-27-29-25-6-4-3-5-24(25)26(33)31(27)22-11-7-20(16-28)8-12-22/h3-15H,17H2,1-2H3. The molecule has 2 aromatic heterocycles. The quantitative estimate of drug-likeness (QED) is 0.259. The molecule has 2 heterocycles. The highest BCUT2D eigenvalue weighted by molar-refractivity contribution is 7.98. The minimum atomic E-state index is -0.127. The second kappa shape index (κ2) is 9.00. The lowest BCUT2D eigenvalue weighted by atomic mass is 10.2. The van der Waals surface area contributed by atoms with Crippen LogP contribution in [0.1, 0.15) is 22.5 Å². The van der Waals surface area contributed by atoms with Gasteiger partial charge in [0.15, 0.2) is 5.16 Å². The summed E-state index contributed by atoms with van der Waals surface area (Å²) in [4.78, 5) is 18.2. The average molecular weight is 464 g/mol. The Labute approximate surface area is 201 Å². The van der Waals surface area contributed by atoms with Gasteiger partial charge in [0, 0.05) is 11.4 Å². The zero-order valence-corrected chi connectivity index (χ0v) is 19.6. The highest BCUT2D eigenvalue weighted by Crippen LogP contribution is 2.25. The number of benzene rings is 3. The van der Waals surface area contributed by atoms with Crippen LogP contribution >= 0.6 is 11.8 Å². The molecule has 0 aliphatic carbocycles. The fourth-order valence-corrected chi connectivity index (χ4v) is 4.86. The van der Waals surface area contributed by atoms with Crippen LogP contribution in [0.3, 0.4) is 0 Å². The Bertz CT molecular complexity index is 1590. The lowest BCUT2D eigenvalue weighted by Crippen LogP contribution is -2.21. The van der Waals surface area contributed by atoms with Gasteiger partial charge in [-0.3, -0.25) is 9.36 Å². The molecule has 3 aromatic carbocycles. The monoisotopic (exact) mass is 463 g/mol. The first-order valence-corrected chi connectivity index (χ1v) is 11.8. The number of fused-ring (bicyclic) bond motifs is 1. The third-order valence-electron chi connectivity index (χ3n) is 5.56. The number of rotatable bonds is 5. The number of nitrogens with zero attached hydrogens (tertiary/aromatic N) is 5. The maximum atomic E-state index is 13.4. The summed E-state index contributed by atoms with van der Waals surface area (Å²) in [6.07, 6.45) is 0. The molecule has 0 saturated carbocycles. The Morgan fingerprint density at radius 2 is 1.65 bits per heavy atom. The summed E-state index contributed by atoms with van der Waals surface area (Å²) in [5.41, 5.74) is 5.97. The average Bonchev–Trinajstić information content (AvgIpc) is 3.21. The molecule has 34 heavy (non-hydrogen) atoms. The summed E-state index contributed by atoms with van der Waals surface area (Å²) >= 11 is 1.51. The van der Waals surface area contributed by atoms with E-state index in [2.05, 4.69) is 41.5 Å². The number of aromatic nitrogens is 4. The van der Waals surface area contributed by atoms with Crippen LogP contribution < -0.4 is 5.56 Å². The molecule has 0 radical (unpaired) electrons. The Balaban J connectivity index is 1.49. The van der Waals surface area contributed by atoms with Crippen molar-refractivity contribution in [3.8, 4) is 17.4 Å². The van der Waals surface area contributed by atoms with Crippen molar-refractivity contribution in [1.82, 2.24) is 19.3 Å². The van der Waals surface area contributed by atoms with Crippen molar-refractivity contribution < 1.29 is 0 Å². The van der Waals surface area contributed by atoms with Gasteiger partial charge >= 0.3 is 0 Å². The first-order chi connectivity index (χ1) is 16.5. The van der Waals surface area contributed by atoms with Gasteiger partial charge in [-0.05, 0) is 74.0 Å². The van der Waals surface area contributed by atoms with E-state index in [-0.39, 0.29) is 5.56 Å². The molecule has 0 aliphatic heterocycles. The van der Waals surface area contributed by atoms with Crippen LogP contribution in [0, 0.1) is 25.2 Å². The van der Waals surface area contributed by atoms with E-state index >= 15 is 0 Å². The van der Waals surface area contributed by atoms with Gasteiger partial charge in [0.05, 0.1) is 39.6 Å². The minimum absolute atomic E-state index is 0.127. The second-order valence-electron chi connectivity index (χ2n) is 8.00. The number of hydrogen-bond acceptors (Lipinski definition) is 5. The Hall–Kier alpha value is -4.15. The van der Waals surface area contributed by atoms with Gasteiger partial charge < -0.3 is 0 Å². The summed E-state index contributed by atoms with van der Waals surface area (Å²) in [6, 6.07) is 26.8. The fourth-order valence-electron chi connectivity index (χ4n) is 3.89. The largest absolute Gasteiger partial charge is 0.268 e. The number of aryl methyl sites for hydroxylation is 2. The molecule has 0 aliphatic rings. The highest BCUT2D eigenvalue weighted by Gasteiger charge is 2.14. The molecule has 0 atom stereocenters. The van der Waals surface area contributed by atoms with Crippen LogP contribution in [0.5, 0.6) is 0 Å². The molecule has 0 N–H and O–H groups in total. The van der Waals surface area contributed by atoms with Gasteiger partial charge in [0.2, 0.25) is 0 Å². The van der Waals surface area contributed by atoms with Gasteiger partial charge in [0.25, 0.3) is 5.56 Å². The fraction of sp³-hybridized carbons (Fsp3) is 0.111. The van der Waals surface area contributed by atoms with E-state index < -0.39 is 0 Å². The van der Waals surface area contributed by atoms with Crippen molar-refractivity contribution in [2.75, 3.05) is 0 Å². The van der Waals surface area contributed by atoms with Crippen LogP contribution in [0.2, 0.25) is 0 Å². The molecule has 0 bridgehead atoms. The lowest BCUT2D eigenvalue weighted by Gasteiger charge is -2.13. The molecule has 6 nitrogen and oxygen atoms in total. The van der Waals surface area contributed by atoms with Crippen molar-refractivity contribution in [3.63, 3.8) is 0 Å². The molecule has 0 fully saturated rings. The van der Waals surface area contributed by atoms with Crippen LogP contribution in [0.25, 0.3) is 22.3 Å². The third kappa shape index (κ3) is 4.12. The molecule has 5 aromatic rings. The summed E-state index contributed by atoms with van der Waals surface area (Å²) in [5.74, 6) is 0.651. The molecule has 166 valence electrons. The smallest absolute Gasteiger partial charge is 0.266 e. The van der Waals surface area contributed by atoms with Crippen molar-refractivity contribution in [2.24, 2.45) is 0 Å².